The first-order valence-corrected chi connectivity index (χ1v) is 10.5. The first kappa shape index (κ1) is 22.8. The van der Waals surface area contributed by atoms with Gasteiger partial charge in [0.25, 0.3) is 0 Å². The third-order valence-electron chi connectivity index (χ3n) is 5.06. The second-order valence-corrected chi connectivity index (χ2v) is 7.50. The molecule has 1 N–H and O–H groups in total. The zero-order valence-corrected chi connectivity index (χ0v) is 18.3. The molecule has 1 amide bonds. The smallest absolute Gasteiger partial charge is 0.331 e. The van der Waals surface area contributed by atoms with E-state index in [0.717, 1.165) is 27.8 Å². The Labute approximate surface area is 189 Å². The molecule has 0 saturated carbocycles. The summed E-state index contributed by atoms with van der Waals surface area (Å²) in [4.78, 5) is 24.8. The summed E-state index contributed by atoms with van der Waals surface area (Å²) in [5, 5.41) is 2.84. The summed E-state index contributed by atoms with van der Waals surface area (Å²) in [7, 11) is 0. The second-order valence-electron chi connectivity index (χ2n) is 7.50. The fraction of sp³-hybridized carbons (Fsp3) is 0.143. The van der Waals surface area contributed by atoms with Crippen LogP contribution in [0.1, 0.15) is 33.9 Å². The van der Waals surface area contributed by atoms with Crippen molar-refractivity contribution in [1.82, 2.24) is 5.32 Å². The van der Waals surface area contributed by atoms with Gasteiger partial charge in [0.15, 0.2) is 0 Å². The van der Waals surface area contributed by atoms with Crippen LogP contribution in [0.4, 0.5) is 0 Å². The molecule has 0 fully saturated rings. The third kappa shape index (κ3) is 7.10. The van der Waals surface area contributed by atoms with E-state index in [0.29, 0.717) is 0 Å². The van der Waals surface area contributed by atoms with Gasteiger partial charge in [-0.05, 0) is 53.8 Å². The van der Waals surface area contributed by atoms with Crippen molar-refractivity contribution in [2.75, 3.05) is 6.54 Å². The zero-order valence-electron chi connectivity index (χ0n) is 18.3. The van der Waals surface area contributed by atoms with Crippen LogP contribution in [0.25, 0.3) is 12.2 Å². The molecule has 0 aliphatic heterocycles. The average Bonchev–Trinajstić information content (AvgIpc) is 2.82. The summed E-state index contributed by atoms with van der Waals surface area (Å²) < 4.78 is 5.70. The van der Waals surface area contributed by atoms with E-state index in [-0.39, 0.29) is 12.5 Å². The summed E-state index contributed by atoms with van der Waals surface area (Å²) in [5.74, 6) is -0.718. The number of rotatable bonds is 8. The summed E-state index contributed by atoms with van der Waals surface area (Å²) in [6, 6.07) is 25.0. The summed E-state index contributed by atoms with van der Waals surface area (Å²) in [5.41, 5.74) is 4.93. The minimum atomic E-state index is -0.601. The van der Waals surface area contributed by atoms with E-state index in [1.807, 2.05) is 92.7 Å². The molecule has 0 aliphatic rings. The van der Waals surface area contributed by atoms with Gasteiger partial charge in [-0.3, -0.25) is 4.79 Å². The van der Waals surface area contributed by atoms with Crippen LogP contribution >= 0.6 is 0 Å². The molecular formula is C28H27NO3. The Hall–Kier alpha value is -3.92. The van der Waals surface area contributed by atoms with Gasteiger partial charge < -0.3 is 10.1 Å². The summed E-state index contributed by atoms with van der Waals surface area (Å²) in [6.45, 7) is 4.21. The minimum Gasteiger partial charge on any atom is -0.452 e. The molecule has 4 nitrogen and oxygen atoms in total. The number of amides is 1. The summed E-state index contributed by atoms with van der Waals surface area (Å²) in [6.07, 6.45) is 5.73. The largest absolute Gasteiger partial charge is 0.452 e. The van der Waals surface area contributed by atoms with E-state index in [9.17, 15) is 9.59 Å². The van der Waals surface area contributed by atoms with Crippen molar-refractivity contribution in [2.45, 2.75) is 20.0 Å². The summed E-state index contributed by atoms with van der Waals surface area (Å²) >= 11 is 0. The lowest BCUT2D eigenvalue weighted by molar-refractivity contribution is -0.143. The van der Waals surface area contributed by atoms with Crippen LogP contribution in [0.2, 0.25) is 0 Å². The predicted octanol–water partition coefficient (Wildman–Crippen LogP) is 5.43. The molecule has 0 aromatic heterocycles. The highest BCUT2D eigenvalue weighted by Gasteiger charge is 2.17. The van der Waals surface area contributed by atoms with E-state index >= 15 is 0 Å². The van der Waals surface area contributed by atoms with Crippen LogP contribution in [-0.2, 0) is 14.3 Å². The topological polar surface area (TPSA) is 55.4 Å². The molecule has 3 aromatic rings. The molecule has 4 heteroatoms. The Bertz CT molecular complexity index is 1100. The Morgan fingerprint density at radius 3 is 2.00 bits per heavy atom. The molecule has 0 spiro atoms. The number of hydrogen-bond acceptors (Lipinski definition) is 3. The molecule has 0 bridgehead atoms. The number of carbonyl (C=O) groups is 2. The fourth-order valence-corrected chi connectivity index (χ4v) is 3.09. The molecule has 32 heavy (non-hydrogen) atoms. The van der Waals surface area contributed by atoms with E-state index in [2.05, 4.69) is 5.32 Å². The lowest BCUT2D eigenvalue weighted by atomic mass is 10.0. The van der Waals surface area contributed by atoms with Crippen LogP contribution in [0.3, 0.4) is 0 Å². The first-order valence-electron chi connectivity index (χ1n) is 10.5. The highest BCUT2D eigenvalue weighted by Crippen LogP contribution is 2.21. The van der Waals surface area contributed by atoms with E-state index in [1.165, 1.54) is 12.2 Å². The van der Waals surface area contributed by atoms with Gasteiger partial charge in [-0.15, -0.1) is 0 Å². The minimum absolute atomic E-state index is 0.172. The predicted molar refractivity (Wildman–Crippen MR) is 129 cm³/mol. The molecule has 3 aromatic carbocycles. The molecular weight excluding hydrogens is 398 g/mol. The SMILES string of the molecule is Cc1ccc([C@@H](CNC(=O)/C=C/c2ccccc2)OC(=O)/C=C/c2ccccc2)cc1C. The molecule has 1 atom stereocenters. The van der Waals surface area contributed by atoms with Crippen molar-refractivity contribution < 1.29 is 14.3 Å². The van der Waals surface area contributed by atoms with Crippen LogP contribution in [0.15, 0.2) is 91.0 Å². The molecule has 0 radical (unpaired) electrons. The van der Waals surface area contributed by atoms with Gasteiger partial charge in [-0.1, -0.05) is 78.9 Å². The van der Waals surface area contributed by atoms with Crippen molar-refractivity contribution >= 4 is 24.0 Å². The van der Waals surface area contributed by atoms with Crippen molar-refractivity contribution in [3.63, 3.8) is 0 Å². The van der Waals surface area contributed by atoms with Gasteiger partial charge in [-0.25, -0.2) is 4.79 Å². The van der Waals surface area contributed by atoms with Crippen LogP contribution in [0, 0.1) is 13.8 Å². The van der Waals surface area contributed by atoms with Crippen molar-refractivity contribution in [2.24, 2.45) is 0 Å². The van der Waals surface area contributed by atoms with Gasteiger partial charge in [-0.2, -0.15) is 0 Å². The van der Waals surface area contributed by atoms with Gasteiger partial charge in [0.05, 0.1) is 6.54 Å². The molecule has 0 unspecified atom stereocenters. The van der Waals surface area contributed by atoms with Gasteiger partial charge >= 0.3 is 5.97 Å². The second kappa shape index (κ2) is 11.5. The fourth-order valence-electron chi connectivity index (χ4n) is 3.09. The van der Waals surface area contributed by atoms with Crippen molar-refractivity contribution in [3.8, 4) is 0 Å². The van der Waals surface area contributed by atoms with Crippen LogP contribution < -0.4 is 5.32 Å². The average molecular weight is 426 g/mol. The molecule has 3 rings (SSSR count). The van der Waals surface area contributed by atoms with Crippen molar-refractivity contribution in [1.29, 1.82) is 0 Å². The van der Waals surface area contributed by atoms with E-state index in [1.54, 1.807) is 12.2 Å². The maximum Gasteiger partial charge on any atom is 0.331 e. The first-order chi connectivity index (χ1) is 15.5. The number of aryl methyl sites for hydroxylation is 2. The lowest BCUT2D eigenvalue weighted by Gasteiger charge is -2.19. The van der Waals surface area contributed by atoms with Gasteiger partial charge in [0.1, 0.15) is 6.10 Å². The number of ether oxygens (including phenoxy) is 1. The Morgan fingerprint density at radius 1 is 0.812 bits per heavy atom. The number of benzene rings is 3. The Kier molecular flexibility index (Phi) is 8.15. The number of esters is 1. The highest BCUT2D eigenvalue weighted by atomic mass is 16.5. The molecule has 0 aliphatic carbocycles. The maximum atomic E-state index is 12.5. The quantitative estimate of drug-likeness (QED) is 0.387. The maximum absolute atomic E-state index is 12.5. The normalized spacial score (nSPS) is 12.1. The van der Waals surface area contributed by atoms with E-state index < -0.39 is 12.1 Å². The third-order valence-corrected chi connectivity index (χ3v) is 5.06. The van der Waals surface area contributed by atoms with Crippen molar-refractivity contribution in [3.05, 3.63) is 119 Å². The highest BCUT2D eigenvalue weighted by molar-refractivity contribution is 5.91. The number of nitrogens with one attached hydrogen (secondary N) is 1. The molecule has 0 saturated heterocycles. The monoisotopic (exact) mass is 425 g/mol. The standard InChI is InChI=1S/C28H27NO3/c1-21-13-16-25(19-22(21)2)26(32-28(31)18-15-24-11-7-4-8-12-24)20-29-27(30)17-14-23-9-5-3-6-10-23/h3-19,26H,20H2,1-2H3,(H,29,30)/b17-14+,18-15+/t26-/m1/s1. The van der Waals surface area contributed by atoms with Crippen LogP contribution in [0.5, 0.6) is 0 Å². The van der Waals surface area contributed by atoms with Crippen LogP contribution in [-0.4, -0.2) is 18.4 Å². The number of carbonyl (C=O) groups excluding carboxylic acids is 2. The molecule has 0 heterocycles. The molecule has 162 valence electrons. The van der Waals surface area contributed by atoms with Gasteiger partial charge in [0, 0.05) is 12.2 Å². The number of hydrogen-bond donors (Lipinski definition) is 1. The Morgan fingerprint density at radius 2 is 1.41 bits per heavy atom. The van der Waals surface area contributed by atoms with Gasteiger partial charge in [0.2, 0.25) is 5.91 Å². The van der Waals surface area contributed by atoms with E-state index in [4.69, 9.17) is 4.74 Å². The lowest BCUT2D eigenvalue weighted by Crippen LogP contribution is -2.29. The Balaban J connectivity index is 1.68. The zero-order chi connectivity index (χ0) is 22.8.